The number of para-hydroxylation sites is 2. The van der Waals surface area contributed by atoms with Gasteiger partial charge in [-0.3, -0.25) is 14.5 Å². The average molecular weight is 564 g/mol. The van der Waals surface area contributed by atoms with E-state index in [-0.39, 0.29) is 17.6 Å². The number of piperidine rings is 2. The summed E-state index contributed by atoms with van der Waals surface area (Å²) in [4.78, 5) is 51.9. The first-order chi connectivity index (χ1) is 19.8. The average Bonchev–Trinajstić information content (AvgIpc) is 2.94. The van der Waals surface area contributed by atoms with E-state index >= 15 is 0 Å². The molecule has 4 unspecified atom stereocenters. The van der Waals surface area contributed by atoms with Crippen molar-refractivity contribution < 1.29 is 19.5 Å². The van der Waals surface area contributed by atoms with E-state index in [4.69, 9.17) is 4.84 Å². The summed E-state index contributed by atoms with van der Waals surface area (Å²) in [6.07, 6.45) is 13.4. The number of benzene rings is 1. The number of aromatic nitrogens is 2. The lowest BCUT2D eigenvalue weighted by Gasteiger charge is -2.55. The number of carboxylic acid groups (broad SMARTS) is 1. The Morgan fingerprint density at radius 3 is 2.27 bits per heavy atom. The summed E-state index contributed by atoms with van der Waals surface area (Å²) in [7, 11) is 3.13. The first kappa shape index (κ1) is 27.9. The van der Waals surface area contributed by atoms with E-state index in [0.717, 1.165) is 37.5 Å². The highest BCUT2D eigenvalue weighted by molar-refractivity contribution is 6.41. The quantitative estimate of drug-likeness (QED) is 0.402. The minimum atomic E-state index is -1.43. The maximum atomic E-state index is 14.1. The number of rotatable bonds is 7. The summed E-state index contributed by atoms with van der Waals surface area (Å²) in [5, 5.41) is 13.7. The number of hydrogen-bond acceptors (Lipinski definition) is 7. The zero-order valence-electron chi connectivity index (χ0n) is 24.1. The molecule has 4 bridgehead atoms. The second-order valence-corrected chi connectivity index (χ2v) is 12.8. The Morgan fingerprint density at radius 1 is 0.951 bits per heavy atom. The van der Waals surface area contributed by atoms with Crippen molar-refractivity contribution in [2.24, 2.45) is 17.0 Å². The molecule has 6 rings (SSSR count). The molecule has 2 saturated carbocycles. The van der Waals surface area contributed by atoms with E-state index in [2.05, 4.69) is 15.0 Å². The van der Waals surface area contributed by atoms with Crippen LogP contribution in [0.3, 0.4) is 0 Å². The first-order valence-corrected chi connectivity index (χ1v) is 15.2. The Hall–Kier alpha value is -3.27. The van der Waals surface area contributed by atoms with Crippen molar-refractivity contribution in [3.63, 3.8) is 0 Å². The number of aliphatic carboxylic acids is 1. The molecule has 3 heterocycles. The van der Waals surface area contributed by atoms with Crippen LogP contribution in [0.4, 0.5) is 0 Å². The molecule has 1 amide bonds. The van der Waals surface area contributed by atoms with Crippen molar-refractivity contribution in [3.05, 3.63) is 40.3 Å². The molecule has 1 aromatic heterocycles. The predicted octanol–water partition coefficient (Wildman–Crippen LogP) is 3.82. The highest BCUT2D eigenvalue weighted by Crippen LogP contribution is 2.47. The molecule has 0 radical (unpaired) electrons. The van der Waals surface area contributed by atoms with Gasteiger partial charge < -0.3 is 19.4 Å². The van der Waals surface area contributed by atoms with E-state index in [1.807, 2.05) is 18.2 Å². The maximum Gasteiger partial charge on any atom is 0.360 e. The van der Waals surface area contributed by atoms with E-state index in [1.165, 1.54) is 49.8 Å². The van der Waals surface area contributed by atoms with Gasteiger partial charge in [-0.05, 0) is 68.9 Å². The topological polar surface area (TPSA) is 117 Å². The van der Waals surface area contributed by atoms with Gasteiger partial charge in [0.05, 0.1) is 11.0 Å². The van der Waals surface area contributed by atoms with Crippen LogP contribution >= 0.6 is 0 Å². The first-order valence-electron chi connectivity index (χ1n) is 15.2. The smallest absolute Gasteiger partial charge is 0.360 e. The van der Waals surface area contributed by atoms with E-state index in [0.29, 0.717) is 29.2 Å². The molecule has 1 N–H and O–H groups in total. The van der Waals surface area contributed by atoms with Crippen LogP contribution in [0.2, 0.25) is 0 Å². The van der Waals surface area contributed by atoms with Crippen LogP contribution in [0.15, 0.2) is 34.2 Å². The van der Waals surface area contributed by atoms with Gasteiger partial charge in [0.25, 0.3) is 11.5 Å². The lowest BCUT2D eigenvalue weighted by molar-refractivity contribution is -0.134. The van der Waals surface area contributed by atoms with Gasteiger partial charge in [0, 0.05) is 38.3 Å². The number of amides is 1. The maximum absolute atomic E-state index is 14.1. The van der Waals surface area contributed by atoms with Gasteiger partial charge in [-0.15, -0.1) is 0 Å². The molecule has 2 saturated heterocycles. The van der Waals surface area contributed by atoms with Crippen molar-refractivity contribution in [1.29, 1.82) is 0 Å². The molecule has 4 fully saturated rings. The Kier molecular flexibility index (Phi) is 7.85. The molecular weight excluding hydrogens is 522 g/mol. The van der Waals surface area contributed by atoms with Gasteiger partial charge in [0.1, 0.15) is 0 Å². The van der Waals surface area contributed by atoms with Crippen LogP contribution in [0.25, 0.3) is 11.0 Å². The van der Waals surface area contributed by atoms with Crippen molar-refractivity contribution in [2.45, 2.75) is 94.8 Å². The number of nitrogens with zero attached hydrogens (tertiary/aromatic N) is 5. The van der Waals surface area contributed by atoms with Gasteiger partial charge in [-0.2, -0.15) is 0 Å². The molecule has 2 aromatic rings. The molecule has 10 heteroatoms. The van der Waals surface area contributed by atoms with E-state index in [9.17, 15) is 19.5 Å². The van der Waals surface area contributed by atoms with Crippen molar-refractivity contribution >= 4 is 28.6 Å². The highest BCUT2D eigenvalue weighted by atomic mass is 16.6. The third-order valence-corrected chi connectivity index (χ3v) is 9.96. The number of fused-ring (bicyclic) bond motifs is 5. The lowest BCUT2D eigenvalue weighted by atomic mass is 9.68. The number of carboxylic acids is 1. The van der Waals surface area contributed by atoms with Crippen LogP contribution in [-0.4, -0.2) is 80.9 Å². The molecule has 10 nitrogen and oxygen atoms in total. The van der Waals surface area contributed by atoms with Gasteiger partial charge in [0.2, 0.25) is 5.71 Å². The number of likely N-dealkylation sites (N-methyl/N-ethyl adjacent to an activating group) is 1. The van der Waals surface area contributed by atoms with E-state index in [1.54, 1.807) is 24.7 Å². The summed E-state index contributed by atoms with van der Waals surface area (Å²) >= 11 is 0. The summed E-state index contributed by atoms with van der Waals surface area (Å²) in [6, 6.07) is 8.83. The molecule has 1 aromatic carbocycles. The van der Waals surface area contributed by atoms with Crippen LogP contribution in [0.1, 0.15) is 82.4 Å². The molecule has 4 aliphatic rings. The van der Waals surface area contributed by atoms with Gasteiger partial charge >= 0.3 is 5.97 Å². The fourth-order valence-corrected chi connectivity index (χ4v) is 8.27. The SMILES string of the molecule is CN(C)C(=O)CO/N=C(\C(=O)O)c1nc2ccccc2n(C2CC3CCCC(C2)N3C2CC3CCCC(C3)C2)c1=O. The van der Waals surface area contributed by atoms with Crippen LogP contribution < -0.4 is 5.56 Å². The summed E-state index contributed by atoms with van der Waals surface area (Å²) in [6.45, 7) is -0.434. The van der Waals surface area contributed by atoms with Crippen LogP contribution in [-0.2, 0) is 14.4 Å². The highest BCUT2D eigenvalue weighted by Gasteiger charge is 2.45. The second-order valence-electron chi connectivity index (χ2n) is 12.8. The third-order valence-electron chi connectivity index (χ3n) is 9.96. The van der Waals surface area contributed by atoms with Crippen molar-refractivity contribution in [3.8, 4) is 0 Å². The monoisotopic (exact) mass is 563 g/mol. The standard InChI is InChI=1S/C31H41N5O5/c1-34(2)27(37)18-41-33-29(31(39)40)28-30(38)36(26-12-4-3-11-25(26)32-28)24-16-21-9-6-10-22(17-24)35(21)23-14-19-7-5-8-20(13-19)15-23/h3-4,11-12,19-24H,5-10,13-18H2,1-2H3,(H,39,40)/b33-29-. The minimum absolute atomic E-state index is 0.0601. The molecule has 2 aliphatic carbocycles. The summed E-state index contributed by atoms with van der Waals surface area (Å²) in [5.41, 5.74) is -0.0868. The Balaban J connectivity index is 1.33. The zero-order valence-corrected chi connectivity index (χ0v) is 24.1. The lowest BCUT2D eigenvalue weighted by Crippen LogP contribution is -2.58. The predicted molar refractivity (Wildman–Crippen MR) is 155 cm³/mol. The molecule has 41 heavy (non-hydrogen) atoms. The largest absolute Gasteiger partial charge is 0.476 e. The van der Waals surface area contributed by atoms with Gasteiger partial charge in [-0.25, -0.2) is 9.78 Å². The summed E-state index contributed by atoms with van der Waals surface area (Å²) < 4.78 is 1.78. The van der Waals surface area contributed by atoms with Gasteiger partial charge in [0.15, 0.2) is 12.3 Å². The molecule has 2 aliphatic heterocycles. The Morgan fingerprint density at radius 2 is 1.61 bits per heavy atom. The normalized spacial score (nSPS) is 30.1. The third kappa shape index (κ3) is 5.50. The molecular formula is C31H41N5O5. The number of oxime groups is 1. The van der Waals surface area contributed by atoms with Crippen LogP contribution in [0, 0.1) is 11.8 Å². The summed E-state index contributed by atoms with van der Waals surface area (Å²) in [5.74, 6) is -0.0704. The number of hydrogen-bond donors (Lipinski definition) is 1. The van der Waals surface area contributed by atoms with Crippen LogP contribution in [0.5, 0.6) is 0 Å². The Labute approximate surface area is 240 Å². The number of carbonyl (C=O) groups is 2. The van der Waals surface area contributed by atoms with E-state index < -0.39 is 23.8 Å². The molecule has 4 atom stereocenters. The van der Waals surface area contributed by atoms with Crippen molar-refractivity contribution in [2.75, 3.05) is 20.7 Å². The Bertz CT molecular complexity index is 1380. The minimum Gasteiger partial charge on any atom is -0.476 e. The zero-order chi connectivity index (χ0) is 28.7. The number of carbonyl (C=O) groups excluding carboxylic acids is 1. The second kappa shape index (κ2) is 11.5. The fourth-order valence-electron chi connectivity index (χ4n) is 8.27. The molecule has 220 valence electrons. The van der Waals surface area contributed by atoms with Gasteiger partial charge in [-0.1, -0.05) is 43.0 Å². The fraction of sp³-hybridized carbons (Fsp3) is 0.645. The van der Waals surface area contributed by atoms with Crippen molar-refractivity contribution in [1.82, 2.24) is 19.4 Å². The molecule has 0 spiro atoms.